The van der Waals surface area contributed by atoms with Crippen LogP contribution in [-0.2, 0) is 19.1 Å². The number of amides is 1. The molecule has 3 rings (SSSR count). The SMILES string of the molecule is CCOC(=O)C1CCN(C(=O)COC(=O)c2ccc3c(c2)OCO3)CC1. The molecule has 8 heteroatoms. The molecule has 140 valence electrons. The van der Waals surface area contributed by atoms with Crippen molar-refractivity contribution in [3.8, 4) is 11.5 Å². The monoisotopic (exact) mass is 363 g/mol. The van der Waals surface area contributed by atoms with Crippen molar-refractivity contribution in [3.05, 3.63) is 23.8 Å². The van der Waals surface area contributed by atoms with Crippen LogP contribution in [0, 0.1) is 5.92 Å². The van der Waals surface area contributed by atoms with E-state index >= 15 is 0 Å². The first-order valence-electron chi connectivity index (χ1n) is 8.59. The molecule has 8 nitrogen and oxygen atoms in total. The number of benzene rings is 1. The average molecular weight is 363 g/mol. The number of nitrogens with zero attached hydrogens (tertiary/aromatic N) is 1. The quantitative estimate of drug-likeness (QED) is 0.730. The van der Waals surface area contributed by atoms with E-state index in [1.807, 2.05) is 0 Å². The van der Waals surface area contributed by atoms with E-state index in [1.54, 1.807) is 24.0 Å². The molecule has 0 spiro atoms. The summed E-state index contributed by atoms with van der Waals surface area (Å²) in [5.41, 5.74) is 0.295. The van der Waals surface area contributed by atoms with Crippen LogP contribution in [0.5, 0.6) is 11.5 Å². The van der Waals surface area contributed by atoms with E-state index in [9.17, 15) is 14.4 Å². The number of rotatable bonds is 5. The predicted molar refractivity (Wildman–Crippen MR) is 88.8 cm³/mol. The van der Waals surface area contributed by atoms with Crippen molar-refractivity contribution in [2.24, 2.45) is 5.92 Å². The Balaban J connectivity index is 1.45. The Hall–Kier alpha value is -2.77. The lowest BCUT2D eigenvalue weighted by Crippen LogP contribution is -2.42. The predicted octanol–water partition coefficient (Wildman–Crippen LogP) is 1.37. The van der Waals surface area contributed by atoms with Gasteiger partial charge in [0.05, 0.1) is 18.1 Å². The molecule has 1 amide bonds. The third-order valence-electron chi connectivity index (χ3n) is 4.40. The van der Waals surface area contributed by atoms with Crippen molar-refractivity contribution in [2.45, 2.75) is 19.8 Å². The van der Waals surface area contributed by atoms with Gasteiger partial charge in [-0.2, -0.15) is 0 Å². The normalized spacial score (nSPS) is 16.3. The maximum atomic E-state index is 12.2. The fraction of sp³-hybridized carbons (Fsp3) is 0.500. The van der Waals surface area contributed by atoms with Crippen LogP contribution in [0.4, 0.5) is 0 Å². The third-order valence-corrected chi connectivity index (χ3v) is 4.40. The number of fused-ring (bicyclic) bond motifs is 1. The van der Waals surface area contributed by atoms with Gasteiger partial charge in [-0.1, -0.05) is 0 Å². The second-order valence-corrected chi connectivity index (χ2v) is 6.05. The van der Waals surface area contributed by atoms with Crippen LogP contribution < -0.4 is 9.47 Å². The zero-order valence-corrected chi connectivity index (χ0v) is 14.6. The molecular weight excluding hydrogens is 342 g/mol. The van der Waals surface area contributed by atoms with Crippen LogP contribution in [0.3, 0.4) is 0 Å². The van der Waals surface area contributed by atoms with Gasteiger partial charge >= 0.3 is 11.9 Å². The number of carbonyl (C=O) groups excluding carboxylic acids is 3. The summed E-state index contributed by atoms with van der Waals surface area (Å²) in [6.45, 7) is 2.80. The Labute approximate surface area is 150 Å². The van der Waals surface area contributed by atoms with Crippen molar-refractivity contribution in [1.29, 1.82) is 0 Å². The van der Waals surface area contributed by atoms with Crippen molar-refractivity contribution >= 4 is 17.8 Å². The van der Waals surface area contributed by atoms with Crippen LogP contribution in [0.15, 0.2) is 18.2 Å². The highest BCUT2D eigenvalue weighted by Crippen LogP contribution is 2.32. The van der Waals surface area contributed by atoms with Gasteiger partial charge in [0.1, 0.15) is 0 Å². The van der Waals surface area contributed by atoms with Gasteiger partial charge in [-0.3, -0.25) is 9.59 Å². The second kappa shape index (κ2) is 8.07. The lowest BCUT2D eigenvalue weighted by molar-refractivity contribution is -0.151. The summed E-state index contributed by atoms with van der Waals surface area (Å²) in [6.07, 6.45) is 1.11. The minimum absolute atomic E-state index is 0.119. The van der Waals surface area contributed by atoms with Gasteiger partial charge in [0.15, 0.2) is 18.1 Å². The maximum Gasteiger partial charge on any atom is 0.338 e. The van der Waals surface area contributed by atoms with E-state index in [0.29, 0.717) is 49.6 Å². The third kappa shape index (κ3) is 4.07. The van der Waals surface area contributed by atoms with Crippen LogP contribution in [0.1, 0.15) is 30.1 Å². The maximum absolute atomic E-state index is 12.2. The molecule has 2 aliphatic heterocycles. The van der Waals surface area contributed by atoms with Crippen molar-refractivity contribution in [3.63, 3.8) is 0 Å². The minimum Gasteiger partial charge on any atom is -0.466 e. The number of carbonyl (C=O) groups is 3. The fourth-order valence-electron chi connectivity index (χ4n) is 2.95. The number of ether oxygens (including phenoxy) is 4. The second-order valence-electron chi connectivity index (χ2n) is 6.05. The molecule has 0 aromatic heterocycles. The van der Waals surface area contributed by atoms with Gasteiger partial charge in [-0.05, 0) is 38.0 Å². The summed E-state index contributed by atoms with van der Waals surface area (Å²) in [7, 11) is 0. The molecule has 0 N–H and O–H groups in total. The van der Waals surface area contributed by atoms with E-state index in [1.165, 1.54) is 6.07 Å². The highest BCUT2D eigenvalue weighted by molar-refractivity contribution is 5.92. The number of likely N-dealkylation sites (tertiary alicyclic amines) is 1. The first-order valence-corrected chi connectivity index (χ1v) is 8.59. The molecule has 1 aromatic carbocycles. The number of piperidine rings is 1. The molecule has 0 bridgehead atoms. The van der Waals surface area contributed by atoms with E-state index in [0.717, 1.165) is 0 Å². The van der Waals surface area contributed by atoms with Gasteiger partial charge < -0.3 is 23.8 Å². The van der Waals surface area contributed by atoms with E-state index < -0.39 is 5.97 Å². The summed E-state index contributed by atoms with van der Waals surface area (Å²) < 4.78 is 20.5. The molecule has 0 radical (unpaired) electrons. The Bertz CT molecular complexity index is 695. The van der Waals surface area contributed by atoms with E-state index in [2.05, 4.69) is 0 Å². The van der Waals surface area contributed by atoms with Crippen molar-refractivity contribution < 1.29 is 33.3 Å². The van der Waals surface area contributed by atoms with E-state index in [-0.39, 0.29) is 31.2 Å². The molecule has 1 fully saturated rings. The molecule has 0 unspecified atom stereocenters. The molecule has 26 heavy (non-hydrogen) atoms. The molecule has 2 heterocycles. The standard InChI is InChI=1S/C18H21NO7/c1-2-23-17(21)12-5-7-19(8-6-12)16(20)10-24-18(22)13-3-4-14-15(9-13)26-11-25-14/h3-4,9,12H,2,5-8,10-11H2,1H3. The molecule has 0 saturated carbocycles. The van der Waals surface area contributed by atoms with Crippen LogP contribution in [0.25, 0.3) is 0 Å². The van der Waals surface area contributed by atoms with Gasteiger partial charge in [0.25, 0.3) is 5.91 Å². The molecular formula is C18H21NO7. The highest BCUT2D eigenvalue weighted by atomic mass is 16.7. The van der Waals surface area contributed by atoms with Crippen molar-refractivity contribution in [2.75, 3.05) is 33.1 Å². The average Bonchev–Trinajstić information content (AvgIpc) is 3.14. The molecule has 0 atom stereocenters. The Morgan fingerprint density at radius 3 is 2.58 bits per heavy atom. The summed E-state index contributed by atoms with van der Waals surface area (Å²) in [5, 5.41) is 0. The van der Waals surface area contributed by atoms with Crippen LogP contribution in [-0.4, -0.2) is 55.8 Å². The molecule has 1 saturated heterocycles. The van der Waals surface area contributed by atoms with Gasteiger partial charge in [-0.25, -0.2) is 4.79 Å². The topological polar surface area (TPSA) is 91.4 Å². The number of esters is 2. The zero-order valence-electron chi connectivity index (χ0n) is 14.6. The number of hydrogen-bond acceptors (Lipinski definition) is 7. The largest absolute Gasteiger partial charge is 0.466 e. The molecule has 2 aliphatic rings. The molecule has 0 aliphatic carbocycles. The first kappa shape index (κ1) is 18.0. The van der Waals surface area contributed by atoms with Gasteiger partial charge in [0.2, 0.25) is 6.79 Å². The molecule has 1 aromatic rings. The summed E-state index contributed by atoms with van der Waals surface area (Å²) in [6, 6.07) is 4.71. The van der Waals surface area contributed by atoms with Gasteiger partial charge in [0, 0.05) is 13.1 Å². The Kier molecular flexibility index (Phi) is 5.60. The number of hydrogen-bond donors (Lipinski definition) is 0. The summed E-state index contributed by atoms with van der Waals surface area (Å²) in [5.74, 6) is -0.211. The smallest absolute Gasteiger partial charge is 0.338 e. The van der Waals surface area contributed by atoms with Crippen LogP contribution in [0.2, 0.25) is 0 Å². The summed E-state index contributed by atoms with van der Waals surface area (Å²) in [4.78, 5) is 37.6. The lowest BCUT2D eigenvalue weighted by Gasteiger charge is -2.30. The minimum atomic E-state index is -0.599. The highest BCUT2D eigenvalue weighted by Gasteiger charge is 2.28. The fourth-order valence-corrected chi connectivity index (χ4v) is 2.95. The Morgan fingerprint density at radius 1 is 1.12 bits per heavy atom. The Morgan fingerprint density at radius 2 is 1.85 bits per heavy atom. The zero-order chi connectivity index (χ0) is 18.5. The first-order chi connectivity index (χ1) is 12.6. The lowest BCUT2D eigenvalue weighted by atomic mass is 9.97. The van der Waals surface area contributed by atoms with Gasteiger partial charge in [-0.15, -0.1) is 0 Å². The summed E-state index contributed by atoms with van der Waals surface area (Å²) >= 11 is 0. The van der Waals surface area contributed by atoms with E-state index in [4.69, 9.17) is 18.9 Å². The van der Waals surface area contributed by atoms with Crippen molar-refractivity contribution in [1.82, 2.24) is 4.90 Å². The van der Waals surface area contributed by atoms with Crippen LogP contribution >= 0.6 is 0 Å².